The molecule has 0 saturated heterocycles. The number of hydrogen-bond donors (Lipinski definition) is 0. The van der Waals surface area contributed by atoms with Gasteiger partial charge in [-0.2, -0.15) is 4.79 Å². The Morgan fingerprint density at radius 1 is 1.88 bits per heavy atom. The molecular weight excluding hydrogens is 104 g/mol. The van der Waals surface area contributed by atoms with Gasteiger partial charge in [-0.25, -0.2) is 0 Å². The molecule has 1 atom stereocenters. The van der Waals surface area contributed by atoms with Gasteiger partial charge in [0.2, 0.25) is 0 Å². The molecule has 0 bridgehead atoms. The van der Waals surface area contributed by atoms with Crippen molar-refractivity contribution < 1.29 is 9.53 Å². The Bertz CT molecular complexity index is 96.6. The van der Waals surface area contributed by atoms with Crippen LogP contribution in [0.4, 0.5) is 0 Å². The Labute approximate surface area is 48.9 Å². The van der Waals surface area contributed by atoms with Crippen LogP contribution < -0.4 is 0 Å². The van der Waals surface area contributed by atoms with Crippen LogP contribution in [0, 0.1) is 0 Å². The largest absolute Gasteiger partial charge is 0.367 e. The highest BCUT2D eigenvalue weighted by Crippen LogP contribution is 1.81. The van der Waals surface area contributed by atoms with Crippen molar-refractivity contribution in [2.75, 3.05) is 6.61 Å². The summed E-state index contributed by atoms with van der Waals surface area (Å²) in [5, 5.41) is 0. The monoisotopic (exact) mass is 114 g/mol. The average molecular weight is 114 g/mol. The van der Waals surface area contributed by atoms with Gasteiger partial charge in [-0.15, -0.1) is 0 Å². The summed E-state index contributed by atoms with van der Waals surface area (Å²) in [5.41, 5.74) is 7.95. The Hall–Kier alpha value is -0.660. The summed E-state index contributed by atoms with van der Waals surface area (Å²) in [6.07, 6.45) is 1.26. The van der Waals surface area contributed by atoms with Crippen LogP contribution in [-0.2, 0) is 4.74 Å². The minimum absolute atomic E-state index is 0.0787. The third-order valence-electron chi connectivity index (χ3n) is 0.706. The maximum atomic E-state index is 7.95. The molecule has 0 spiro atoms. The lowest BCUT2D eigenvalue weighted by atomic mass is 10.4. The van der Waals surface area contributed by atoms with E-state index >= 15 is 0 Å². The fourth-order valence-corrected chi connectivity index (χ4v) is 0.400. The van der Waals surface area contributed by atoms with E-state index in [9.17, 15) is 0 Å². The van der Waals surface area contributed by atoms with Crippen molar-refractivity contribution in [1.29, 1.82) is 0 Å². The summed E-state index contributed by atoms with van der Waals surface area (Å²) in [7, 11) is 0. The van der Waals surface area contributed by atoms with Crippen LogP contribution in [0.25, 0.3) is 5.53 Å². The zero-order chi connectivity index (χ0) is 6.41. The molecule has 0 rings (SSSR count). The highest BCUT2D eigenvalue weighted by Gasteiger charge is 1.97. The van der Waals surface area contributed by atoms with Crippen molar-refractivity contribution in [3.8, 4) is 0 Å². The van der Waals surface area contributed by atoms with E-state index in [-0.39, 0.29) is 6.10 Å². The van der Waals surface area contributed by atoms with Crippen LogP contribution in [-0.4, -0.2) is 23.7 Å². The van der Waals surface area contributed by atoms with Gasteiger partial charge in [0.1, 0.15) is 6.10 Å². The molecule has 8 heavy (non-hydrogen) atoms. The first kappa shape index (κ1) is 7.34. The number of nitrogens with zero attached hydrogens (tertiary/aromatic N) is 2. The summed E-state index contributed by atoms with van der Waals surface area (Å²) >= 11 is 0. The molecule has 0 aliphatic carbocycles. The molecule has 0 aliphatic heterocycles. The Kier molecular flexibility index (Phi) is 4.13. The van der Waals surface area contributed by atoms with Gasteiger partial charge in [0.25, 0.3) is 6.21 Å². The topological polar surface area (TPSA) is 45.6 Å². The van der Waals surface area contributed by atoms with Crippen LogP contribution in [0.1, 0.15) is 13.8 Å². The van der Waals surface area contributed by atoms with Gasteiger partial charge in [-0.1, -0.05) is 0 Å². The van der Waals surface area contributed by atoms with Gasteiger partial charge >= 0.3 is 0 Å². The average Bonchev–Trinajstić information content (AvgIpc) is 1.68. The van der Waals surface area contributed by atoms with Gasteiger partial charge in [-0.3, -0.25) is 0 Å². The maximum absolute atomic E-state index is 7.95. The second kappa shape index (κ2) is 4.50. The van der Waals surface area contributed by atoms with E-state index < -0.39 is 0 Å². The fourth-order valence-electron chi connectivity index (χ4n) is 0.400. The first-order valence-corrected chi connectivity index (χ1v) is 2.60. The van der Waals surface area contributed by atoms with Gasteiger partial charge in [0.05, 0.1) is 0 Å². The van der Waals surface area contributed by atoms with E-state index in [1.165, 1.54) is 6.21 Å². The standard InChI is InChI=1S/C5H10N2O/c1-3-8-5(2)4-7-6/h4-5H,3H2,1-2H3. The molecule has 46 valence electrons. The lowest BCUT2D eigenvalue weighted by Crippen LogP contribution is -2.08. The third-order valence-corrected chi connectivity index (χ3v) is 0.706. The molecule has 3 nitrogen and oxygen atoms in total. The fraction of sp³-hybridized carbons (Fsp3) is 0.800. The zero-order valence-electron chi connectivity index (χ0n) is 5.16. The van der Waals surface area contributed by atoms with Gasteiger partial charge in [0.15, 0.2) is 0 Å². The summed E-state index contributed by atoms with van der Waals surface area (Å²) in [5.74, 6) is 0. The number of ether oxygens (including phenoxy) is 1. The molecule has 1 unspecified atom stereocenters. The van der Waals surface area contributed by atoms with E-state index in [4.69, 9.17) is 10.3 Å². The van der Waals surface area contributed by atoms with Crippen molar-refractivity contribution in [2.24, 2.45) is 0 Å². The smallest absolute Gasteiger partial charge is 0.285 e. The summed E-state index contributed by atoms with van der Waals surface area (Å²) in [6.45, 7) is 4.35. The molecule has 0 aliphatic rings. The highest BCUT2D eigenvalue weighted by atomic mass is 16.5. The molecule has 0 radical (unpaired) electrons. The van der Waals surface area contributed by atoms with E-state index in [0.29, 0.717) is 6.61 Å². The summed E-state index contributed by atoms with van der Waals surface area (Å²) < 4.78 is 4.97. The Morgan fingerprint density at radius 3 is 2.88 bits per heavy atom. The Balaban J connectivity index is 3.31. The molecule has 0 fully saturated rings. The maximum Gasteiger partial charge on any atom is 0.285 e. The lowest BCUT2D eigenvalue weighted by Gasteiger charge is -1.97. The number of rotatable bonds is 3. The van der Waals surface area contributed by atoms with Gasteiger partial charge < -0.3 is 10.3 Å². The van der Waals surface area contributed by atoms with Crippen molar-refractivity contribution in [3.05, 3.63) is 5.53 Å². The van der Waals surface area contributed by atoms with Gasteiger partial charge in [0, 0.05) is 6.61 Å². The third kappa shape index (κ3) is 3.53. The first-order valence-electron chi connectivity index (χ1n) is 2.60. The van der Waals surface area contributed by atoms with Crippen molar-refractivity contribution >= 4 is 6.21 Å². The van der Waals surface area contributed by atoms with E-state index in [1.807, 2.05) is 13.8 Å². The number of hydrogen-bond acceptors (Lipinski definition) is 1. The van der Waals surface area contributed by atoms with Crippen molar-refractivity contribution in [3.63, 3.8) is 0 Å². The van der Waals surface area contributed by atoms with E-state index in [0.717, 1.165) is 0 Å². The molecule has 0 saturated carbocycles. The van der Waals surface area contributed by atoms with Crippen LogP contribution in [0.15, 0.2) is 0 Å². The van der Waals surface area contributed by atoms with Crippen LogP contribution in [0.3, 0.4) is 0 Å². The van der Waals surface area contributed by atoms with E-state index in [2.05, 4.69) is 4.79 Å². The summed E-state index contributed by atoms with van der Waals surface area (Å²) in [4.78, 5) is 2.80. The normalized spacial score (nSPS) is 12.2. The second-order valence-electron chi connectivity index (χ2n) is 1.43. The SMILES string of the molecule is CCOC(C)C=[N+]=[N-]. The van der Waals surface area contributed by atoms with Crippen LogP contribution in [0.2, 0.25) is 0 Å². The van der Waals surface area contributed by atoms with Crippen LogP contribution >= 0.6 is 0 Å². The van der Waals surface area contributed by atoms with Crippen LogP contribution in [0.5, 0.6) is 0 Å². The van der Waals surface area contributed by atoms with E-state index in [1.54, 1.807) is 0 Å². The molecule has 0 heterocycles. The molecule has 3 heteroatoms. The molecule has 0 aromatic carbocycles. The molecule has 0 aromatic heterocycles. The van der Waals surface area contributed by atoms with Crippen molar-refractivity contribution in [1.82, 2.24) is 0 Å². The predicted octanol–water partition coefficient (Wildman–Crippen LogP) is 0.712. The molecule has 0 aromatic rings. The summed E-state index contributed by atoms with van der Waals surface area (Å²) in [6, 6.07) is 0. The second-order valence-corrected chi connectivity index (χ2v) is 1.43. The molecular formula is C5H10N2O. The molecule has 0 amide bonds. The first-order chi connectivity index (χ1) is 3.81. The zero-order valence-corrected chi connectivity index (χ0v) is 5.16. The minimum atomic E-state index is -0.0787. The quantitative estimate of drug-likeness (QED) is 0.303. The molecule has 0 N–H and O–H groups in total. The van der Waals surface area contributed by atoms with Crippen molar-refractivity contribution in [2.45, 2.75) is 20.0 Å². The lowest BCUT2D eigenvalue weighted by molar-refractivity contribution is -0.0163. The minimum Gasteiger partial charge on any atom is -0.367 e. The van der Waals surface area contributed by atoms with Gasteiger partial charge in [-0.05, 0) is 13.8 Å². The highest BCUT2D eigenvalue weighted by molar-refractivity contribution is 5.55. The predicted molar refractivity (Wildman–Crippen MR) is 30.8 cm³/mol. The Morgan fingerprint density at radius 2 is 2.50 bits per heavy atom.